The molecule has 4 bridgehead atoms. The van der Waals surface area contributed by atoms with E-state index < -0.39 is 192 Å². The number of aromatic nitrogens is 16. The third kappa shape index (κ3) is 20.0. The van der Waals surface area contributed by atoms with Crippen LogP contribution >= 0.6 is 25.5 Å². The zero-order valence-electron chi connectivity index (χ0n) is 68.8. The molecule has 1 radical (unpaired) electrons. The molecule has 8 aromatic heterocycles. The fraction of sp³-hybridized carbons (Fsp3) is 0.474. The van der Waals surface area contributed by atoms with Crippen molar-refractivity contribution in [3.63, 3.8) is 0 Å². The highest BCUT2D eigenvalue weighted by molar-refractivity contribution is 7.50. The van der Waals surface area contributed by atoms with Gasteiger partial charge in [-0.2, -0.15) is 19.1 Å². The lowest BCUT2D eigenvalue weighted by molar-refractivity contribution is -0.173. The van der Waals surface area contributed by atoms with Gasteiger partial charge in [-0.25, -0.2) is 76.0 Å². The molecule has 14 heterocycles. The number of aromatic amines is 2. The molecule has 10 aromatic rings. The highest BCUT2D eigenvalue weighted by Crippen LogP contribution is 2.60. The van der Waals surface area contributed by atoms with Crippen molar-refractivity contribution in [1.82, 2.24) is 78.1 Å². The van der Waals surface area contributed by atoms with Gasteiger partial charge in [0.2, 0.25) is 36.8 Å². The van der Waals surface area contributed by atoms with E-state index in [1.165, 1.54) is 32.8 Å². The summed E-state index contributed by atoms with van der Waals surface area (Å²) < 4.78 is 142. The van der Waals surface area contributed by atoms with Crippen LogP contribution in [0.25, 0.3) is 54.3 Å². The number of hydrogen-bond acceptors (Lipinski definition) is 33. The molecule has 6 saturated heterocycles. The lowest BCUT2D eigenvalue weighted by Crippen LogP contribution is -2.41. The summed E-state index contributed by atoms with van der Waals surface area (Å²) >= 11 is 0. The maximum atomic E-state index is 16.3. The van der Waals surface area contributed by atoms with E-state index in [0.29, 0.717) is 28.7 Å². The number of nitrogens with one attached hydrogen (secondary N) is 6. The Labute approximate surface area is 736 Å². The molecule has 2 aromatic carbocycles. The molecule has 6 aliphatic rings. The highest BCUT2D eigenvalue weighted by atomic mass is 31.2. The van der Waals surface area contributed by atoms with E-state index in [9.17, 15) is 53.1 Å². The van der Waals surface area contributed by atoms with Crippen molar-refractivity contribution in [3.8, 4) is 0 Å². The van der Waals surface area contributed by atoms with Crippen LogP contribution in [-0.2, 0) is 79.2 Å². The van der Waals surface area contributed by atoms with Crippen molar-refractivity contribution in [3.05, 3.63) is 153 Å². The van der Waals surface area contributed by atoms with Gasteiger partial charge < -0.3 is 82.0 Å². The third-order valence-electron chi connectivity index (χ3n) is 20.9. The Bertz CT molecular complexity index is 6020. The number of imidazole rings is 4. The molecule has 129 heavy (non-hydrogen) atoms. The minimum atomic E-state index is -4.80. The lowest BCUT2D eigenvalue weighted by atomic mass is 9.96. The van der Waals surface area contributed by atoms with Crippen molar-refractivity contribution in [2.45, 2.75) is 167 Å². The van der Waals surface area contributed by atoms with Crippen LogP contribution in [0.15, 0.2) is 108 Å². The summed E-state index contributed by atoms with van der Waals surface area (Å²) in [5.74, 6) is -2.86. The number of carbonyl (C=O) groups excluding carboxylic acids is 4. The van der Waals surface area contributed by atoms with Crippen molar-refractivity contribution < 1.29 is 117 Å². The number of halogens is 2. The number of phosphoric acid groups is 1. The summed E-state index contributed by atoms with van der Waals surface area (Å²) in [6.45, 7) is 22.5. The molecule has 0 spiro atoms. The first-order valence-electron chi connectivity index (χ1n) is 39.6. The predicted molar refractivity (Wildman–Crippen MR) is 453 cm³/mol. The van der Waals surface area contributed by atoms with Crippen LogP contribution in [-0.4, -0.2) is 258 Å². The van der Waals surface area contributed by atoms with Crippen molar-refractivity contribution in [2.75, 3.05) is 74.0 Å². The van der Waals surface area contributed by atoms with Gasteiger partial charge >= 0.3 is 28.7 Å². The molecule has 3 unspecified atom stereocenters. The van der Waals surface area contributed by atoms with Crippen LogP contribution in [0.3, 0.4) is 0 Å². The number of alkyl halides is 2. The van der Waals surface area contributed by atoms with Crippen LogP contribution in [0.5, 0.6) is 0 Å². The van der Waals surface area contributed by atoms with Crippen molar-refractivity contribution in [2.24, 2.45) is 11.8 Å². The normalized spacial score (nSPS) is 25.4. The Kier molecular flexibility index (Phi) is 30.3. The van der Waals surface area contributed by atoms with E-state index in [1.807, 2.05) is 6.92 Å². The highest BCUT2D eigenvalue weighted by Gasteiger charge is 2.66. The van der Waals surface area contributed by atoms with Gasteiger partial charge in [0.25, 0.3) is 22.9 Å². The number of ether oxygens (including phenoxy) is 8. The maximum absolute atomic E-state index is 16.3. The molecular formula is C76H89BF2N22O25P3. The topological polar surface area (TPSA) is 560 Å². The standard InChI is InChI=1S/C37H39FN11O13P.C37H39FN11O12P.2CH4.BH3P/c1-5-37-14-56-25(34(61-37)48-16-42-22-27(40-15-41-28(22)48)44-31(51)19-9-7-6-8-10-19)26(37)62-63(55,57-12-11-39-4)58-13-20-21(38)24(60-36(53)54)33(59-20)49-17-43-23-29(49)45-35(47-32(23)52)46-30(50)18(2)3;1-5-37-14-55-25(34(60-37)48-16-42-22-27(40-15-41-28(22)48)44-31(51)19-9-7-6-8-10-19)26(37)61-62(56-12-11-39-4)57-13-20-21(38)24(59-36(53)54)33(58-20)49-17-43-23-29(49)45-35(47-32(23)52)46-30(50)18(2)3;;;1-2/h6-10,15-18,20-21,24-26,33-34H,5,11-14H2,1-3H3,(H,53,54)(H,40,41,44,51)(H2,45,46,47,50,52);6-10,15-18,20-21,24-26,33-34H,5,11-14H2,1-3H3,(H,53,54)(H,40,41,44,51)(H2,45,46,47,50,52);2*1H4;1H,2H2/t20-,21-,24-,25-,26+,33-,34-,37+,63?;20-,21-,24-,25-,26+,33-,34-,37+,62?;;;/m11.../s1/i;;;;1T. The number of fused-ring (bicyclic) bond motifs is 8. The van der Waals surface area contributed by atoms with Gasteiger partial charge in [-0.15, -0.1) is 0 Å². The van der Waals surface area contributed by atoms with E-state index in [2.05, 4.69) is 99.9 Å². The Morgan fingerprint density at radius 3 is 1.47 bits per heavy atom. The Morgan fingerprint density at radius 1 is 0.612 bits per heavy atom. The molecule has 47 nitrogen and oxygen atoms in total. The fourth-order valence-electron chi connectivity index (χ4n) is 14.5. The van der Waals surface area contributed by atoms with E-state index in [4.69, 9.17) is 79.5 Å². The summed E-state index contributed by atoms with van der Waals surface area (Å²) in [5, 5.41) is 29.6. The number of nitrogens with zero attached hydrogens (tertiary/aromatic N) is 16. The number of carbonyl (C=O) groups is 6. The third-order valence-corrected chi connectivity index (χ3v) is 23.5. The van der Waals surface area contributed by atoms with Gasteiger partial charge in [-0.05, 0) is 38.4 Å². The number of benzene rings is 2. The number of rotatable bonds is 32. The number of amides is 4. The van der Waals surface area contributed by atoms with Crippen LogP contribution in [0.2, 0.25) is 0 Å². The van der Waals surface area contributed by atoms with Crippen LogP contribution in [0.1, 0.15) is 115 Å². The molecule has 0 aliphatic carbocycles. The Hall–Kier alpha value is -11.8. The number of anilines is 4. The first-order valence-corrected chi connectivity index (χ1v) is 42.3. The van der Waals surface area contributed by atoms with Crippen molar-refractivity contribution >= 4 is 137 Å². The molecule has 6 aliphatic heterocycles. The molecule has 53 heteroatoms. The van der Waals surface area contributed by atoms with Crippen LogP contribution < -0.4 is 32.4 Å². The van der Waals surface area contributed by atoms with Crippen LogP contribution in [0.4, 0.5) is 41.9 Å². The maximum Gasteiger partial charge on any atom is 0.506 e. The second-order valence-electron chi connectivity index (χ2n) is 29.4. The summed E-state index contributed by atoms with van der Waals surface area (Å²) in [6, 6.07) is 17.1. The molecule has 685 valence electrons. The molecular weight excluding hydrogens is 1760 g/mol. The van der Waals surface area contributed by atoms with Crippen molar-refractivity contribution in [1.29, 1.82) is 1.34 Å². The first kappa shape index (κ1) is 94.8. The summed E-state index contributed by atoms with van der Waals surface area (Å²) in [4.78, 5) is 154. The zero-order chi connectivity index (χ0) is 91.0. The van der Waals surface area contributed by atoms with Gasteiger partial charge in [0.15, 0.2) is 106 Å². The second-order valence-corrected chi connectivity index (χ2v) is 32.2. The quantitative estimate of drug-likeness (QED) is 0.00645. The smallest absolute Gasteiger partial charge is 0.450 e. The van der Waals surface area contributed by atoms with E-state index in [0.717, 1.165) is 21.8 Å². The van der Waals surface area contributed by atoms with Gasteiger partial charge in [0.05, 0.1) is 51.7 Å². The average Bonchev–Trinajstić information content (AvgIpc) is 1.57. The number of phosphoric ester groups is 1. The Morgan fingerprint density at radius 2 is 1.03 bits per heavy atom. The van der Waals surface area contributed by atoms with E-state index >= 15 is 8.78 Å². The van der Waals surface area contributed by atoms with Gasteiger partial charge in [0, 0.05) is 23.0 Å². The fourth-order valence-corrected chi connectivity index (χ4v) is 17.2. The number of H-pyrrole nitrogens is 2. The molecule has 4 amide bonds. The Balaban J connectivity index is 0.000000225. The number of hydrogen-bond donors (Lipinski definition) is 8. The lowest BCUT2D eigenvalue weighted by Gasteiger charge is -2.31. The summed E-state index contributed by atoms with van der Waals surface area (Å²) in [7, 11) is -3.89. The predicted octanol–water partition coefficient (Wildman–Crippen LogP) is 8.32. The van der Waals surface area contributed by atoms with Gasteiger partial charge in [-0.1, -0.05) is 92.8 Å². The van der Waals surface area contributed by atoms with Crippen LogP contribution in [0, 0.1) is 25.0 Å². The second kappa shape index (κ2) is 41.3. The first-order chi connectivity index (χ1) is 61.6. The minimum absolute atomic E-state index is 0. The summed E-state index contributed by atoms with van der Waals surface area (Å²) in [6.07, 6.45) is -15.4. The largest absolute Gasteiger partial charge is 0.506 e. The molecule has 0 saturated carbocycles. The molecule has 8 N–H and O–H groups in total. The van der Waals surface area contributed by atoms with Gasteiger partial charge in [-0.3, -0.25) is 81.2 Å². The van der Waals surface area contributed by atoms with Gasteiger partial charge in [0.1, 0.15) is 81.2 Å². The van der Waals surface area contributed by atoms with E-state index in [-0.39, 0.29) is 111 Å². The average molecular weight is 1850 g/mol. The monoisotopic (exact) mass is 1850 g/mol. The molecule has 19 atom stereocenters. The SMILES string of the molecule is C.C.[3H][B]P.[C-]#[N+]CCOP(=O)(OC[C@H]1O[C@@H](n2cnc3c(=O)[nH]c(NC(=O)C(C)C)nc32)[C@H](OC(=O)O)[C@@H]1F)O[C@H]1[C@H]2OC[C@]1(CC)O[C@H]2n1cnc2c(NC(=O)c3ccccc3)ncnc21.[C-]#[N+]CCOP(OC[C@H]1O[C@@H](n2cnc3c(=O)[nH]c(NC(=O)C(C)C)nc32)[C@H](OC(=O)O)[C@@H]1F)O[C@H]1[C@H]2OC[C@]1(CC)O[C@H]2n1cnc2c(NC(=O)c3ccccc3)ncnc21. The summed E-state index contributed by atoms with van der Waals surface area (Å²) in [5.41, 5.74) is -2.66. The minimum Gasteiger partial charge on any atom is -0.450 e. The molecule has 16 rings (SSSR count). The van der Waals surface area contributed by atoms with E-state index in [1.54, 1.807) is 104 Å². The molecule has 6 fully saturated rings. The zero-order valence-corrected chi connectivity index (χ0v) is 70.7. The number of carboxylic acid groups (broad SMARTS) is 2.